The van der Waals surface area contributed by atoms with E-state index in [1.54, 1.807) is 24.3 Å². The second kappa shape index (κ2) is 10.5. The van der Waals surface area contributed by atoms with Gasteiger partial charge in [-0.1, -0.05) is 12.2 Å². The van der Waals surface area contributed by atoms with E-state index in [9.17, 15) is 22.3 Å². The second-order valence-corrected chi connectivity index (χ2v) is 8.78. The van der Waals surface area contributed by atoms with Crippen molar-refractivity contribution >= 4 is 27.9 Å². The topological polar surface area (TPSA) is 103 Å². The average molecular weight is 508 g/mol. The van der Waals surface area contributed by atoms with Crippen LogP contribution in [0.25, 0.3) is 12.2 Å². The highest BCUT2D eigenvalue weighted by molar-refractivity contribution is 7.92. The van der Waals surface area contributed by atoms with Gasteiger partial charge < -0.3 is 24.1 Å². The number of hydrogen-bond donors (Lipinski definition) is 2. The van der Waals surface area contributed by atoms with Crippen molar-refractivity contribution < 1.29 is 41.3 Å². The highest BCUT2D eigenvalue weighted by atomic mass is 32.2. The molecular formula is C24H23F2NO7S. The molecule has 11 heteroatoms. The molecule has 0 aromatic heterocycles. The lowest BCUT2D eigenvalue weighted by Crippen LogP contribution is -2.14. The summed E-state index contributed by atoms with van der Waals surface area (Å²) in [5.74, 6) is -1.70. The van der Waals surface area contributed by atoms with Crippen LogP contribution >= 0.6 is 0 Å². The Morgan fingerprint density at radius 1 is 0.771 bits per heavy atom. The molecule has 0 spiro atoms. The Kier molecular flexibility index (Phi) is 7.70. The van der Waals surface area contributed by atoms with E-state index in [0.29, 0.717) is 40.5 Å². The van der Waals surface area contributed by atoms with Gasteiger partial charge in [0.15, 0.2) is 34.6 Å². The molecule has 35 heavy (non-hydrogen) atoms. The number of sulfonamides is 1. The van der Waals surface area contributed by atoms with Crippen molar-refractivity contribution in [3.8, 4) is 28.7 Å². The zero-order valence-corrected chi connectivity index (χ0v) is 20.1. The predicted molar refractivity (Wildman–Crippen MR) is 127 cm³/mol. The predicted octanol–water partition coefficient (Wildman–Crippen LogP) is 4.68. The van der Waals surface area contributed by atoms with Crippen molar-refractivity contribution in [1.29, 1.82) is 0 Å². The van der Waals surface area contributed by atoms with Gasteiger partial charge in [0.25, 0.3) is 10.0 Å². The summed E-state index contributed by atoms with van der Waals surface area (Å²) in [5, 5.41) is 10.4. The van der Waals surface area contributed by atoms with Gasteiger partial charge in [-0.3, -0.25) is 4.72 Å². The van der Waals surface area contributed by atoms with Gasteiger partial charge in [-0.2, -0.15) is 0 Å². The molecular weight excluding hydrogens is 484 g/mol. The van der Waals surface area contributed by atoms with E-state index in [4.69, 9.17) is 18.9 Å². The minimum absolute atomic E-state index is 0.0139. The second-order valence-electron chi connectivity index (χ2n) is 7.09. The molecule has 0 saturated carbocycles. The van der Waals surface area contributed by atoms with Gasteiger partial charge in [-0.25, -0.2) is 17.2 Å². The van der Waals surface area contributed by atoms with E-state index in [-0.39, 0.29) is 11.4 Å². The summed E-state index contributed by atoms with van der Waals surface area (Å²) in [6.07, 6.45) is 3.34. The minimum Gasteiger partial charge on any atom is -0.503 e. The van der Waals surface area contributed by atoms with E-state index in [2.05, 4.69) is 4.72 Å². The van der Waals surface area contributed by atoms with Crippen molar-refractivity contribution in [2.24, 2.45) is 0 Å². The molecule has 3 rings (SSSR count). The normalized spacial score (nSPS) is 11.4. The number of methoxy groups -OCH3 is 4. The molecule has 0 unspecified atom stereocenters. The molecule has 2 N–H and O–H groups in total. The first-order valence-electron chi connectivity index (χ1n) is 10.0. The number of halogens is 2. The molecule has 8 nitrogen and oxygen atoms in total. The summed E-state index contributed by atoms with van der Waals surface area (Å²) < 4.78 is 75.5. The molecule has 3 aromatic carbocycles. The fourth-order valence-corrected chi connectivity index (χ4v) is 4.27. The van der Waals surface area contributed by atoms with Crippen molar-refractivity contribution in [1.82, 2.24) is 0 Å². The maximum Gasteiger partial charge on any atom is 0.262 e. The third-order valence-corrected chi connectivity index (χ3v) is 6.28. The first-order valence-corrected chi connectivity index (χ1v) is 11.5. The summed E-state index contributed by atoms with van der Waals surface area (Å²) >= 11 is 0. The lowest BCUT2D eigenvalue weighted by Gasteiger charge is -2.14. The van der Waals surface area contributed by atoms with Crippen LogP contribution in [0.5, 0.6) is 28.7 Å². The number of ether oxygens (including phenoxy) is 4. The largest absolute Gasteiger partial charge is 0.503 e. The molecule has 0 saturated heterocycles. The molecule has 186 valence electrons. The molecule has 0 aliphatic rings. The Bertz CT molecular complexity index is 1350. The Morgan fingerprint density at radius 2 is 1.31 bits per heavy atom. The monoisotopic (exact) mass is 507 g/mol. The van der Waals surface area contributed by atoms with Crippen LogP contribution in [0.4, 0.5) is 14.5 Å². The van der Waals surface area contributed by atoms with Gasteiger partial charge in [0.05, 0.1) is 39.0 Å². The molecule has 0 aliphatic heterocycles. The fourth-order valence-electron chi connectivity index (χ4n) is 3.20. The highest BCUT2D eigenvalue weighted by Gasteiger charge is 2.20. The maximum absolute atomic E-state index is 13.6. The third kappa shape index (κ3) is 5.57. The van der Waals surface area contributed by atoms with Gasteiger partial charge in [-0.15, -0.1) is 0 Å². The summed E-state index contributed by atoms with van der Waals surface area (Å²) in [6.45, 7) is 0. The van der Waals surface area contributed by atoms with Gasteiger partial charge in [-0.05, 0) is 53.6 Å². The van der Waals surface area contributed by atoms with Crippen LogP contribution in [-0.4, -0.2) is 42.0 Å². The van der Waals surface area contributed by atoms with Crippen molar-refractivity contribution in [3.63, 3.8) is 0 Å². The smallest absolute Gasteiger partial charge is 0.262 e. The van der Waals surface area contributed by atoms with Gasteiger partial charge in [0.1, 0.15) is 0 Å². The van der Waals surface area contributed by atoms with Crippen LogP contribution < -0.4 is 23.7 Å². The number of nitrogens with one attached hydrogen (secondary N) is 1. The summed E-state index contributed by atoms with van der Waals surface area (Å²) in [7, 11) is 1.41. The van der Waals surface area contributed by atoms with Gasteiger partial charge in [0.2, 0.25) is 5.75 Å². The Balaban J connectivity index is 2.00. The number of benzene rings is 3. The van der Waals surface area contributed by atoms with E-state index >= 15 is 0 Å². The lowest BCUT2D eigenvalue weighted by molar-refractivity contribution is 0.324. The molecule has 0 atom stereocenters. The molecule has 0 amide bonds. The third-order valence-electron chi connectivity index (χ3n) is 4.92. The van der Waals surface area contributed by atoms with E-state index in [1.165, 1.54) is 40.6 Å². The Hall–Kier alpha value is -3.99. The zero-order valence-electron chi connectivity index (χ0n) is 19.3. The van der Waals surface area contributed by atoms with Crippen LogP contribution in [0.2, 0.25) is 0 Å². The number of anilines is 1. The first-order chi connectivity index (χ1) is 16.6. The fraction of sp³-hybridized carbons (Fsp3) is 0.167. The summed E-state index contributed by atoms with van der Waals surface area (Å²) in [5.41, 5.74) is 0.908. The maximum atomic E-state index is 13.6. The molecule has 0 aliphatic carbocycles. The average Bonchev–Trinajstić information content (AvgIpc) is 2.84. The van der Waals surface area contributed by atoms with Crippen LogP contribution in [0.1, 0.15) is 11.1 Å². The van der Waals surface area contributed by atoms with E-state index in [1.807, 2.05) is 0 Å². The van der Waals surface area contributed by atoms with Crippen LogP contribution in [0, 0.1) is 11.6 Å². The first kappa shape index (κ1) is 25.6. The quantitative estimate of drug-likeness (QED) is 0.320. The van der Waals surface area contributed by atoms with E-state index < -0.39 is 32.3 Å². The van der Waals surface area contributed by atoms with Gasteiger partial charge in [0, 0.05) is 0 Å². The number of rotatable bonds is 9. The minimum atomic E-state index is -4.35. The Labute approximate surface area is 201 Å². The van der Waals surface area contributed by atoms with E-state index in [0.717, 1.165) is 6.07 Å². The van der Waals surface area contributed by atoms with Crippen molar-refractivity contribution in [2.45, 2.75) is 4.90 Å². The SMILES string of the molecule is COc1cc(/C=C\c2cc(OC)c(OC)c(OC)c2)cc(NS(=O)(=O)c2ccc(F)c(F)c2)c1O. The number of hydrogen-bond acceptors (Lipinski definition) is 7. The zero-order chi connectivity index (χ0) is 25.8. The summed E-state index contributed by atoms with van der Waals surface area (Å²) in [6, 6.07) is 8.40. The highest BCUT2D eigenvalue weighted by Crippen LogP contribution is 2.40. The van der Waals surface area contributed by atoms with Crippen LogP contribution in [-0.2, 0) is 10.0 Å². The Morgan fingerprint density at radius 3 is 1.83 bits per heavy atom. The van der Waals surface area contributed by atoms with Crippen LogP contribution in [0.15, 0.2) is 47.4 Å². The molecule has 3 aromatic rings. The number of phenolic OH excluding ortho intramolecular Hbond substituents is 1. The van der Waals surface area contributed by atoms with Crippen molar-refractivity contribution in [2.75, 3.05) is 33.2 Å². The number of phenols is 1. The molecule has 0 radical (unpaired) electrons. The standard InChI is InChI=1S/C24H23F2NO7S/c1-31-20-10-14(5-6-15-11-21(32-2)24(34-4)22(12-15)33-3)9-19(23(20)28)27-35(29,30)16-7-8-17(25)18(26)13-16/h5-13,27-28H,1-4H3/b6-5-. The van der Waals surface area contributed by atoms with Crippen LogP contribution in [0.3, 0.4) is 0 Å². The molecule has 0 heterocycles. The summed E-state index contributed by atoms with van der Waals surface area (Å²) in [4.78, 5) is -0.520. The lowest BCUT2D eigenvalue weighted by atomic mass is 10.1. The molecule has 0 fully saturated rings. The van der Waals surface area contributed by atoms with Crippen molar-refractivity contribution in [3.05, 3.63) is 65.2 Å². The molecule has 0 bridgehead atoms. The van der Waals surface area contributed by atoms with Gasteiger partial charge >= 0.3 is 0 Å². The number of aromatic hydroxyl groups is 1.